The predicted molar refractivity (Wildman–Crippen MR) is 75.9 cm³/mol. The van der Waals surface area contributed by atoms with Crippen LogP contribution in [0.4, 0.5) is 0 Å². The number of nitrogens with zero attached hydrogens (tertiary/aromatic N) is 1. The molecule has 1 aliphatic rings. The van der Waals surface area contributed by atoms with Crippen LogP contribution < -0.4 is 5.56 Å². The molecular formula is C15H22N2O3. The molecule has 1 saturated carbocycles. The van der Waals surface area contributed by atoms with E-state index in [1.807, 2.05) is 0 Å². The Kier molecular flexibility index (Phi) is 4.57. The first-order chi connectivity index (χ1) is 9.51. The Balaban J connectivity index is 2.18. The van der Waals surface area contributed by atoms with Crippen LogP contribution in [-0.4, -0.2) is 21.0 Å². The Morgan fingerprint density at radius 1 is 1.35 bits per heavy atom. The minimum absolute atomic E-state index is 0.267. The summed E-state index contributed by atoms with van der Waals surface area (Å²) in [4.78, 5) is 30.0. The van der Waals surface area contributed by atoms with Crippen LogP contribution in [0.3, 0.4) is 0 Å². The van der Waals surface area contributed by atoms with Crippen molar-refractivity contribution in [3.05, 3.63) is 27.4 Å². The van der Waals surface area contributed by atoms with E-state index in [2.05, 4.69) is 16.9 Å². The number of nitrogens with one attached hydrogen (secondary N) is 1. The summed E-state index contributed by atoms with van der Waals surface area (Å²) in [6, 6.07) is 0. The minimum atomic E-state index is -1.00. The summed E-state index contributed by atoms with van der Waals surface area (Å²) in [6.07, 6.45) is 5.42. The summed E-state index contributed by atoms with van der Waals surface area (Å²) in [5.74, 6) is 0.834. The van der Waals surface area contributed by atoms with Crippen LogP contribution in [0.1, 0.15) is 62.0 Å². The number of carboxylic acids is 1. The standard InChI is InChI=1S/C15H22N2O3/c1-3-10-4-6-11(7-5-10)14-16-9(2)12(8-13(18)19)15(20)17-14/h10-11H,3-8H2,1-2H3,(H,18,19)(H,16,17,20). The van der Waals surface area contributed by atoms with Crippen molar-refractivity contribution in [2.45, 2.75) is 58.3 Å². The third kappa shape index (κ3) is 3.26. The zero-order chi connectivity index (χ0) is 14.7. The Morgan fingerprint density at radius 3 is 2.50 bits per heavy atom. The predicted octanol–water partition coefficient (Wildman–Crippen LogP) is 2.39. The summed E-state index contributed by atoms with van der Waals surface area (Å²) in [6.45, 7) is 3.94. The molecule has 0 bridgehead atoms. The smallest absolute Gasteiger partial charge is 0.308 e. The molecule has 0 radical (unpaired) electrons. The van der Waals surface area contributed by atoms with E-state index in [1.54, 1.807) is 6.92 Å². The first-order valence-electron chi connectivity index (χ1n) is 7.32. The second-order valence-electron chi connectivity index (χ2n) is 5.71. The zero-order valence-corrected chi connectivity index (χ0v) is 12.1. The maximum atomic E-state index is 12.0. The maximum absolute atomic E-state index is 12.0. The van der Waals surface area contributed by atoms with Gasteiger partial charge < -0.3 is 10.1 Å². The summed E-state index contributed by atoms with van der Waals surface area (Å²) in [5.41, 5.74) is 0.514. The summed E-state index contributed by atoms with van der Waals surface area (Å²) >= 11 is 0. The summed E-state index contributed by atoms with van der Waals surface area (Å²) in [7, 11) is 0. The fourth-order valence-electron chi connectivity index (χ4n) is 3.03. The number of H-pyrrole nitrogens is 1. The molecule has 110 valence electrons. The fourth-order valence-corrected chi connectivity index (χ4v) is 3.03. The van der Waals surface area contributed by atoms with Crippen molar-refractivity contribution in [3.8, 4) is 0 Å². The lowest BCUT2D eigenvalue weighted by Crippen LogP contribution is -2.24. The first kappa shape index (κ1) is 14.8. The Labute approximate surface area is 118 Å². The quantitative estimate of drug-likeness (QED) is 0.885. The van der Waals surface area contributed by atoms with Gasteiger partial charge in [-0.15, -0.1) is 0 Å². The second-order valence-corrected chi connectivity index (χ2v) is 5.71. The van der Waals surface area contributed by atoms with Crippen molar-refractivity contribution in [2.24, 2.45) is 5.92 Å². The second kappa shape index (κ2) is 6.20. The van der Waals surface area contributed by atoms with Crippen LogP contribution >= 0.6 is 0 Å². The molecule has 0 saturated heterocycles. The van der Waals surface area contributed by atoms with Gasteiger partial charge in [0.25, 0.3) is 5.56 Å². The van der Waals surface area contributed by atoms with Gasteiger partial charge in [0.2, 0.25) is 0 Å². The molecule has 5 nitrogen and oxygen atoms in total. The number of hydrogen-bond donors (Lipinski definition) is 2. The Hall–Kier alpha value is -1.65. The third-order valence-electron chi connectivity index (χ3n) is 4.38. The van der Waals surface area contributed by atoms with Crippen molar-refractivity contribution >= 4 is 5.97 Å². The van der Waals surface area contributed by atoms with Gasteiger partial charge in [-0.3, -0.25) is 9.59 Å². The largest absolute Gasteiger partial charge is 0.481 e. The molecule has 1 aromatic rings. The van der Waals surface area contributed by atoms with E-state index in [-0.39, 0.29) is 17.5 Å². The molecule has 0 spiro atoms. The van der Waals surface area contributed by atoms with Crippen molar-refractivity contribution in [3.63, 3.8) is 0 Å². The SMILES string of the molecule is CCC1CCC(c2nc(C)c(CC(=O)O)c(=O)[nH]2)CC1. The van der Waals surface area contributed by atoms with Crippen molar-refractivity contribution in [2.75, 3.05) is 0 Å². The lowest BCUT2D eigenvalue weighted by molar-refractivity contribution is -0.136. The van der Waals surface area contributed by atoms with Gasteiger partial charge in [-0.25, -0.2) is 4.98 Å². The Morgan fingerprint density at radius 2 is 2.00 bits per heavy atom. The van der Waals surface area contributed by atoms with Crippen LogP contribution in [-0.2, 0) is 11.2 Å². The molecule has 1 fully saturated rings. The number of carbonyl (C=O) groups is 1. The number of aryl methyl sites for hydroxylation is 1. The molecule has 0 unspecified atom stereocenters. The maximum Gasteiger partial charge on any atom is 0.308 e. The third-order valence-corrected chi connectivity index (χ3v) is 4.38. The van der Waals surface area contributed by atoms with Gasteiger partial charge in [-0.05, 0) is 38.5 Å². The highest BCUT2D eigenvalue weighted by Crippen LogP contribution is 2.35. The molecule has 0 aromatic carbocycles. The van der Waals surface area contributed by atoms with Gasteiger partial charge in [-0.2, -0.15) is 0 Å². The molecule has 0 amide bonds. The van der Waals surface area contributed by atoms with Gasteiger partial charge in [0, 0.05) is 17.2 Å². The average molecular weight is 278 g/mol. The van der Waals surface area contributed by atoms with Crippen LogP contribution in [0.5, 0.6) is 0 Å². The highest BCUT2D eigenvalue weighted by molar-refractivity contribution is 5.70. The average Bonchev–Trinajstić information content (AvgIpc) is 2.42. The minimum Gasteiger partial charge on any atom is -0.481 e. The number of carboxylic acid groups (broad SMARTS) is 1. The molecule has 1 heterocycles. The first-order valence-corrected chi connectivity index (χ1v) is 7.32. The van der Waals surface area contributed by atoms with E-state index in [4.69, 9.17) is 5.11 Å². The lowest BCUT2D eigenvalue weighted by atomic mass is 9.80. The van der Waals surface area contributed by atoms with E-state index in [0.29, 0.717) is 11.6 Å². The zero-order valence-electron chi connectivity index (χ0n) is 12.1. The van der Waals surface area contributed by atoms with E-state index in [0.717, 1.165) is 24.6 Å². The Bertz CT molecular complexity index is 543. The van der Waals surface area contributed by atoms with Crippen molar-refractivity contribution in [1.82, 2.24) is 9.97 Å². The summed E-state index contributed by atoms with van der Waals surface area (Å²) < 4.78 is 0. The number of aromatic nitrogens is 2. The molecular weight excluding hydrogens is 256 g/mol. The molecule has 1 aliphatic carbocycles. The molecule has 0 atom stereocenters. The highest BCUT2D eigenvalue weighted by atomic mass is 16.4. The molecule has 0 aliphatic heterocycles. The topological polar surface area (TPSA) is 83.0 Å². The molecule has 1 aromatic heterocycles. The molecule has 2 N–H and O–H groups in total. The van der Waals surface area contributed by atoms with Crippen molar-refractivity contribution in [1.29, 1.82) is 0 Å². The number of aromatic amines is 1. The van der Waals surface area contributed by atoms with E-state index in [9.17, 15) is 9.59 Å². The van der Waals surface area contributed by atoms with Gasteiger partial charge in [0.15, 0.2) is 0 Å². The van der Waals surface area contributed by atoms with Crippen LogP contribution in [0, 0.1) is 12.8 Å². The van der Waals surface area contributed by atoms with Gasteiger partial charge in [0.05, 0.1) is 6.42 Å². The van der Waals surface area contributed by atoms with Crippen molar-refractivity contribution < 1.29 is 9.90 Å². The van der Waals surface area contributed by atoms with E-state index < -0.39 is 5.97 Å². The highest BCUT2D eigenvalue weighted by Gasteiger charge is 2.24. The lowest BCUT2D eigenvalue weighted by Gasteiger charge is -2.27. The molecule has 20 heavy (non-hydrogen) atoms. The van der Waals surface area contributed by atoms with E-state index in [1.165, 1.54) is 19.3 Å². The van der Waals surface area contributed by atoms with Gasteiger partial charge in [-0.1, -0.05) is 13.3 Å². The van der Waals surface area contributed by atoms with Crippen LogP contribution in [0.2, 0.25) is 0 Å². The molecule has 2 rings (SSSR count). The summed E-state index contributed by atoms with van der Waals surface area (Å²) in [5, 5.41) is 8.81. The normalized spacial score (nSPS) is 22.7. The number of aliphatic carboxylic acids is 1. The van der Waals surface area contributed by atoms with Crippen LogP contribution in [0.15, 0.2) is 4.79 Å². The monoisotopic (exact) mass is 278 g/mol. The molecule has 5 heteroatoms. The number of hydrogen-bond acceptors (Lipinski definition) is 3. The van der Waals surface area contributed by atoms with Gasteiger partial charge in [0.1, 0.15) is 5.82 Å². The number of rotatable bonds is 4. The van der Waals surface area contributed by atoms with Crippen LogP contribution in [0.25, 0.3) is 0 Å². The van der Waals surface area contributed by atoms with Gasteiger partial charge >= 0.3 is 5.97 Å². The van der Waals surface area contributed by atoms with E-state index >= 15 is 0 Å². The fraction of sp³-hybridized carbons (Fsp3) is 0.667.